The quantitative estimate of drug-likeness (QED) is 0.536. The molecule has 0 bridgehead atoms. The monoisotopic (exact) mass is 144 g/mol. The molecule has 1 aliphatic heterocycles. The van der Waals surface area contributed by atoms with Gasteiger partial charge >= 0.3 is 0 Å². The maximum absolute atomic E-state index is 10.2. The van der Waals surface area contributed by atoms with Crippen molar-refractivity contribution in [1.82, 2.24) is 0 Å². The van der Waals surface area contributed by atoms with Crippen LogP contribution in [0.25, 0.3) is 0 Å². The summed E-state index contributed by atoms with van der Waals surface area (Å²) in [5.41, 5.74) is 0. The third kappa shape index (κ3) is 1.78. The number of carbonyl (C=O) groups excluding carboxylic acids is 1. The highest BCUT2D eigenvalue weighted by atomic mass is 16.7. The van der Waals surface area contributed by atoms with Gasteiger partial charge in [0.15, 0.2) is 6.29 Å². The SMILES string of the molecule is CCC1CCOC(C=O)O1. The molecule has 1 saturated heterocycles. The first-order valence-corrected chi connectivity index (χ1v) is 3.59. The van der Waals surface area contributed by atoms with Crippen LogP contribution < -0.4 is 0 Å². The molecule has 0 amide bonds. The van der Waals surface area contributed by atoms with Crippen molar-refractivity contribution in [3.8, 4) is 0 Å². The van der Waals surface area contributed by atoms with E-state index in [9.17, 15) is 4.79 Å². The lowest BCUT2D eigenvalue weighted by Crippen LogP contribution is -2.32. The second kappa shape index (κ2) is 3.68. The van der Waals surface area contributed by atoms with Gasteiger partial charge in [0.05, 0.1) is 12.7 Å². The average Bonchev–Trinajstić information content (AvgIpc) is 2.05. The topological polar surface area (TPSA) is 35.5 Å². The second-order valence-electron chi connectivity index (χ2n) is 2.33. The average molecular weight is 144 g/mol. The van der Waals surface area contributed by atoms with Gasteiger partial charge in [-0.25, -0.2) is 0 Å². The van der Waals surface area contributed by atoms with Crippen molar-refractivity contribution in [1.29, 1.82) is 0 Å². The fraction of sp³-hybridized carbons (Fsp3) is 0.857. The molecule has 10 heavy (non-hydrogen) atoms. The van der Waals surface area contributed by atoms with Crippen molar-refractivity contribution in [3.05, 3.63) is 0 Å². The molecule has 1 heterocycles. The first-order chi connectivity index (χ1) is 4.86. The van der Waals surface area contributed by atoms with Gasteiger partial charge in [-0.15, -0.1) is 0 Å². The van der Waals surface area contributed by atoms with Crippen LogP contribution in [0, 0.1) is 0 Å². The molecular weight excluding hydrogens is 132 g/mol. The maximum atomic E-state index is 10.2. The molecule has 2 unspecified atom stereocenters. The molecule has 0 aromatic rings. The summed E-state index contributed by atoms with van der Waals surface area (Å²) in [5.74, 6) is 0. The lowest BCUT2D eigenvalue weighted by Gasteiger charge is -2.25. The molecule has 0 aromatic heterocycles. The van der Waals surface area contributed by atoms with Crippen molar-refractivity contribution in [2.75, 3.05) is 6.61 Å². The van der Waals surface area contributed by atoms with E-state index in [4.69, 9.17) is 9.47 Å². The van der Waals surface area contributed by atoms with Crippen LogP contribution >= 0.6 is 0 Å². The number of ether oxygens (including phenoxy) is 2. The van der Waals surface area contributed by atoms with Gasteiger partial charge in [0.25, 0.3) is 0 Å². The van der Waals surface area contributed by atoms with Gasteiger partial charge in [-0.3, -0.25) is 4.79 Å². The minimum atomic E-state index is -0.612. The number of rotatable bonds is 2. The zero-order valence-corrected chi connectivity index (χ0v) is 6.08. The van der Waals surface area contributed by atoms with Crippen LogP contribution in [0.4, 0.5) is 0 Å². The van der Waals surface area contributed by atoms with Crippen molar-refractivity contribution >= 4 is 6.29 Å². The predicted molar refractivity (Wildman–Crippen MR) is 35.6 cm³/mol. The summed E-state index contributed by atoms with van der Waals surface area (Å²) in [7, 11) is 0. The van der Waals surface area contributed by atoms with Crippen molar-refractivity contribution in [3.63, 3.8) is 0 Å². The first-order valence-electron chi connectivity index (χ1n) is 3.59. The third-order valence-corrected chi connectivity index (χ3v) is 1.61. The molecule has 3 heteroatoms. The molecule has 0 N–H and O–H groups in total. The molecule has 0 spiro atoms. The highest BCUT2D eigenvalue weighted by molar-refractivity contribution is 5.53. The van der Waals surface area contributed by atoms with Gasteiger partial charge in [-0.05, 0) is 12.8 Å². The summed E-state index contributed by atoms with van der Waals surface area (Å²) in [4.78, 5) is 10.2. The van der Waals surface area contributed by atoms with Crippen LogP contribution in [0.2, 0.25) is 0 Å². The number of aldehydes is 1. The minimum absolute atomic E-state index is 0.212. The van der Waals surface area contributed by atoms with E-state index < -0.39 is 6.29 Å². The van der Waals surface area contributed by atoms with E-state index in [1.165, 1.54) is 0 Å². The fourth-order valence-electron chi connectivity index (χ4n) is 0.984. The smallest absolute Gasteiger partial charge is 0.214 e. The summed E-state index contributed by atoms with van der Waals surface area (Å²) in [6.45, 7) is 2.68. The van der Waals surface area contributed by atoms with Gasteiger partial charge in [0.2, 0.25) is 6.29 Å². The van der Waals surface area contributed by atoms with Crippen molar-refractivity contribution < 1.29 is 14.3 Å². The zero-order valence-electron chi connectivity index (χ0n) is 6.08. The predicted octanol–water partition coefficient (Wildman–Crippen LogP) is 0.727. The van der Waals surface area contributed by atoms with Crippen LogP contribution in [0.5, 0.6) is 0 Å². The highest BCUT2D eigenvalue weighted by Crippen LogP contribution is 2.13. The highest BCUT2D eigenvalue weighted by Gasteiger charge is 2.20. The molecule has 1 aliphatic rings. The molecule has 2 atom stereocenters. The summed E-state index contributed by atoms with van der Waals surface area (Å²) in [6, 6.07) is 0. The van der Waals surface area contributed by atoms with Crippen LogP contribution in [0.1, 0.15) is 19.8 Å². The van der Waals surface area contributed by atoms with E-state index in [0.29, 0.717) is 12.9 Å². The summed E-state index contributed by atoms with van der Waals surface area (Å²) >= 11 is 0. The Morgan fingerprint density at radius 3 is 3.10 bits per heavy atom. The molecule has 0 aliphatic carbocycles. The maximum Gasteiger partial charge on any atom is 0.214 e. The van der Waals surface area contributed by atoms with E-state index in [-0.39, 0.29) is 6.10 Å². The molecular formula is C7H12O3. The van der Waals surface area contributed by atoms with E-state index in [1.807, 2.05) is 6.92 Å². The van der Waals surface area contributed by atoms with E-state index in [1.54, 1.807) is 0 Å². The Labute approximate surface area is 60.3 Å². The van der Waals surface area contributed by atoms with Gasteiger partial charge in [-0.1, -0.05) is 6.92 Å². The standard InChI is InChI=1S/C7H12O3/c1-2-6-3-4-9-7(5-8)10-6/h5-7H,2-4H2,1H3. The molecule has 3 nitrogen and oxygen atoms in total. The fourth-order valence-corrected chi connectivity index (χ4v) is 0.984. The second-order valence-corrected chi connectivity index (χ2v) is 2.33. The Balaban J connectivity index is 2.31. The third-order valence-electron chi connectivity index (χ3n) is 1.61. The van der Waals surface area contributed by atoms with E-state index >= 15 is 0 Å². The first kappa shape index (κ1) is 7.69. The zero-order chi connectivity index (χ0) is 7.40. The molecule has 0 radical (unpaired) electrons. The molecule has 58 valence electrons. The van der Waals surface area contributed by atoms with Crippen LogP contribution in [-0.4, -0.2) is 25.3 Å². The Morgan fingerprint density at radius 2 is 2.50 bits per heavy atom. The van der Waals surface area contributed by atoms with E-state index in [0.717, 1.165) is 12.8 Å². The summed E-state index contributed by atoms with van der Waals surface area (Å²) < 4.78 is 10.2. The summed E-state index contributed by atoms with van der Waals surface area (Å²) in [6.07, 6.45) is 2.15. The van der Waals surface area contributed by atoms with Gasteiger partial charge in [-0.2, -0.15) is 0 Å². The Bertz CT molecular complexity index is 113. The summed E-state index contributed by atoms with van der Waals surface area (Å²) in [5, 5.41) is 0. The van der Waals surface area contributed by atoms with Gasteiger partial charge in [0.1, 0.15) is 0 Å². The van der Waals surface area contributed by atoms with Crippen molar-refractivity contribution in [2.45, 2.75) is 32.2 Å². The minimum Gasteiger partial charge on any atom is -0.346 e. The van der Waals surface area contributed by atoms with Gasteiger partial charge < -0.3 is 9.47 Å². The van der Waals surface area contributed by atoms with Crippen LogP contribution in [0.3, 0.4) is 0 Å². The van der Waals surface area contributed by atoms with E-state index in [2.05, 4.69) is 0 Å². The number of carbonyl (C=O) groups is 1. The normalized spacial score (nSPS) is 33.7. The van der Waals surface area contributed by atoms with Crippen LogP contribution in [0.15, 0.2) is 0 Å². The Hall–Kier alpha value is -0.410. The lowest BCUT2D eigenvalue weighted by molar-refractivity contribution is -0.202. The number of hydrogen-bond donors (Lipinski definition) is 0. The van der Waals surface area contributed by atoms with Crippen LogP contribution in [-0.2, 0) is 14.3 Å². The van der Waals surface area contributed by atoms with Gasteiger partial charge in [0, 0.05) is 0 Å². The molecule has 0 aromatic carbocycles. The van der Waals surface area contributed by atoms with Crippen molar-refractivity contribution in [2.24, 2.45) is 0 Å². The lowest BCUT2D eigenvalue weighted by atomic mass is 10.2. The molecule has 1 fully saturated rings. The molecule has 0 saturated carbocycles. The largest absolute Gasteiger partial charge is 0.346 e. The Kier molecular flexibility index (Phi) is 2.83. The molecule has 1 rings (SSSR count). The Morgan fingerprint density at radius 1 is 1.70 bits per heavy atom. The number of hydrogen-bond acceptors (Lipinski definition) is 3.